The third-order valence-corrected chi connectivity index (χ3v) is 2.79. The predicted octanol–water partition coefficient (Wildman–Crippen LogP) is 1.10. The number of hydrogen-bond donors (Lipinski definition) is 2. The van der Waals surface area contributed by atoms with Crippen molar-refractivity contribution in [3.05, 3.63) is 0 Å². The Bertz CT molecular complexity index is 317. The van der Waals surface area contributed by atoms with Crippen LogP contribution in [0.3, 0.4) is 0 Å². The first-order valence-electron chi connectivity index (χ1n) is 6.40. The lowest BCUT2D eigenvalue weighted by atomic mass is 10.1. The van der Waals surface area contributed by atoms with E-state index < -0.39 is 6.03 Å². The predicted molar refractivity (Wildman–Crippen MR) is 64.8 cm³/mol. The second-order valence-electron chi connectivity index (χ2n) is 4.27. The summed E-state index contributed by atoms with van der Waals surface area (Å²) >= 11 is 0. The summed E-state index contributed by atoms with van der Waals surface area (Å²) in [6.07, 6.45) is 4.65. The third-order valence-electron chi connectivity index (χ3n) is 2.79. The van der Waals surface area contributed by atoms with E-state index in [9.17, 15) is 14.4 Å². The van der Waals surface area contributed by atoms with E-state index in [-0.39, 0.29) is 17.9 Å². The lowest BCUT2D eigenvalue weighted by Crippen LogP contribution is -2.28. The number of rotatable bonds is 8. The molecular weight excluding hydrogens is 236 g/mol. The zero-order valence-electron chi connectivity index (χ0n) is 10.7. The monoisotopic (exact) mass is 256 g/mol. The smallest absolute Gasteiger partial charge is 0.322 e. The van der Waals surface area contributed by atoms with Crippen LogP contribution < -0.4 is 10.6 Å². The van der Waals surface area contributed by atoms with Crippen molar-refractivity contribution in [2.24, 2.45) is 0 Å². The van der Waals surface area contributed by atoms with Gasteiger partial charge in [-0.25, -0.2) is 4.79 Å². The highest BCUT2D eigenvalue weighted by atomic mass is 16.5. The molecule has 3 amide bonds. The number of esters is 1. The fraction of sp³-hybridized carbons (Fsp3) is 0.750. The molecule has 0 radical (unpaired) electrons. The molecule has 1 unspecified atom stereocenters. The Hall–Kier alpha value is -1.59. The maximum Gasteiger partial charge on any atom is 0.322 e. The van der Waals surface area contributed by atoms with Gasteiger partial charge in [-0.15, -0.1) is 0 Å². The van der Waals surface area contributed by atoms with Gasteiger partial charge >= 0.3 is 12.0 Å². The normalized spacial score (nSPS) is 18.4. The number of urea groups is 1. The van der Waals surface area contributed by atoms with Crippen LogP contribution in [-0.2, 0) is 14.3 Å². The summed E-state index contributed by atoms with van der Waals surface area (Å²) in [5.41, 5.74) is 0. The van der Waals surface area contributed by atoms with Gasteiger partial charge in [-0.05, 0) is 19.8 Å². The van der Waals surface area contributed by atoms with Crippen LogP contribution in [0.5, 0.6) is 0 Å². The minimum atomic E-state index is -0.410. The van der Waals surface area contributed by atoms with Gasteiger partial charge in [0.2, 0.25) is 0 Å². The van der Waals surface area contributed by atoms with Crippen LogP contribution in [0.2, 0.25) is 0 Å². The van der Waals surface area contributed by atoms with Crippen LogP contribution in [-0.4, -0.2) is 30.6 Å². The lowest BCUT2D eigenvalue weighted by molar-refractivity contribution is -0.143. The second-order valence-corrected chi connectivity index (χ2v) is 4.27. The number of unbranched alkanes of at least 4 members (excludes halogenated alkanes) is 3. The standard InChI is InChI=1S/C12H20N2O4/c1-2-18-10(15)8-6-4-3-5-7-9-11(16)14-12(17)13-9/h9H,2-8H2,1H3,(H2,13,14,16,17). The van der Waals surface area contributed by atoms with Crippen LogP contribution >= 0.6 is 0 Å². The molecule has 0 bridgehead atoms. The van der Waals surface area contributed by atoms with Gasteiger partial charge < -0.3 is 10.1 Å². The van der Waals surface area contributed by atoms with E-state index in [2.05, 4.69) is 10.6 Å². The van der Waals surface area contributed by atoms with Crippen LogP contribution in [0.4, 0.5) is 4.79 Å². The third kappa shape index (κ3) is 5.16. The second kappa shape index (κ2) is 7.68. The van der Waals surface area contributed by atoms with Crippen LogP contribution in [0.15, 0.2) is 0 Å². The van der Waals surface area contributed by atoms with Gasteiger partial charge in [-0.3, -0.25) is 14.9 Å². The molecule has 0 aromatic rings. The van der Waals surface area contributed by atoms with Crippen LogP contribution in [0, 0.1) is 0 Å². The molecule has 6 heteroatoms. The highest BCUT2D eigenvalue weighted by Crippen LogP contribution is 2.09. The maximum absolute atomic E-state index is 11.2. The van der Waals surface area contributed by atoms with E-state index in [4.69, 9.17) is 4.74 Å². The quantitative estimate of drug-likeness (QED) is 0.387. The number of carbonyl (C=O) groups is 3. The first-order valence-corrected chi connectivity index (χ1v) is 6.40. The van der Waals surface area contributed by atoms with E-state index in [0.717, 1.165) is 25.7 Å². The molecule has 0 saturated carbocycles. The van der Waals surface area contributed by atoms with Gasteiger partial charge in [-0.2, -0.15) is 0 Å². The number of amides is 3. The minimum absolute atomic E-state index is 0.153. The summed E-state index contributed by atoms with van der Waals surface area (Å²) in [7, 11) is 0. The molecule has 0 aromatic carbocycles. The molecule has 0 spiro atoms. The van der Waals surface area contributed by atoms with E-state index in [1.807, 2.05) is 0 Å². The molecule has 1 saturated heterocycles. The summed E-state index contributed by atoms with van der Waals surface area (Å²) in [6.45, 7) is 2.22. The summed E-state index contributed by atoms with van der Waals surface area (Å²) in [5.74, 6) is -0.397. The van der Waals surface area contributed by atoms with Crippen molar-refractivity contribution in [1.29, 1.82) is 0 Å². The number of ether oxygens (including phenoxy) is 1. The average Bonchev–Trinajstić information content (AvgIpc) is 2.62. The van der Waals surface area contributed by atoms with Gasteiger partial charge in [0.15, 0.2) is 0 Å². The SMILES string of the molecule is CCOC(=O)CCCCCCC1NC(=O)NC1=O. The summed E-state index contributed by atoms with van der Waals surface area (Å²) in [4.78, 5) is 33.1. The Morgan fingerprint density at radius 3 is 2.56 bits per heavy atom. The fourth-order valence-corrected chi connectivity index (χ4v) is 1.87. The molecular formula is C12H20N2O4. The Balaban J connectivity index is 1.97. The van der Waals surface area contributed by atoms with E-state index in [0.29, 0.717) is 19.4 Å². The number of nitrogens with one attached hydrogen (secondary N) is 2. The van der Waals surface area contributed by atoms with Crippen molar-refractivity contribution in [3.63, 3.8) is 0 Å². The molecule has 0 aliphatic carbocycles. The molecule has 18 heavy (non-hydrogen) atoms. The summed E-state index contributed by atoms with van der Waals surface area (Å²) in [6, 6.07) is -0.796. The Morgan fingerprint density at radius 1 is 1.22 bits per heavy atom. The number of hydrogen-bond acceptors (Lipinski definition) is 4. The summed E-state index contributed by atoms with van der Waals surface area (Å²) < 4.78 is 4.82. The zero-order valence-corrected chi connectivity index (χ0v) is 10.7. The summed E-state index contributed by atoms with van der Waals surface area (Å²) in [5, 5.41) is 4.75. The molecule has 2 N–H and O–H groups in total. The molecule has 1 aliphatic heterocycles. The molecule has 102 valence electrons. The Morgan fingerprint density at radius 2 is 1.94 bits per heavy atom. The van der Waals surface area contributed by atoms with Crippen molar-refractivity contribution in [1.82, 2.24) is 10.6 Å². The van der Waals surface area contributed by atoms with Gasteiger partial charge in [0.05, 0.1) is 6.61 Å². The van der Waals surface area contributed by atoms with E-state index >= 15 is 0 Å². The molecule has 1 atom stereocenters. The molecule has 1 heterocycles. The van der Waals surface area contributed by atoms with Crippen molar-refractivity contribution in [2.45, 2.75) is 51.5 Å². The van der Waals surface area contributed by atoms with Gasteiger partial charge in [0.25, 0.3) is 5.91 Å². The highest BCUT2D eigenvalue weighted by Gasteiger charge is 2.28. The van der Waals surface area contributed by atoms with Gasteiger partial charge in [0.1, 0.15) is 6.04 Å². The van der Waals surface area contributed by atoms with E-state index in [1.165, 1.54) is 0 Å². The maximum atomic E-state index is 11.2. The lowest BCUT2D eigenvalue weighted by Gasteiger charge is -2.06. The number of carbonyl (C=O) groups excluding carboxylic acids is 3. The van der Waals surface area contributed by atoms with Crippen LogP contribution in [0.1, 0.15) is 45.4 Å². The molecule has 1 fully saturated rings. The van der Waals surface area contributed by atoms with Gasteiger partial charge in [-0.1, -0.05) is 19.3 Å². The van der Waals surface area contributed by atoms with Crippen molar-refractivity contribution in [2.75, 3.05) is 6.61 Å². The van der Waals surface area contributed by atoms with Crippen molar-refractivity contribution < 1.29 is 19.1 Å². The molecule has 6 nitrogen and oxygen atoms in total. The van der Waals surface area contributed by atoms with Gasteiger partial charge in [0, 0.05) is 6.42 Å². The fourth-order valence-electron chi connectivity index (χ4n) is 1.87. The Labute approximate surface area is 106 Å². The highest BCUT2D eigenvalue weighted by molar-refractivity contribution is 6.04. The average molecular weight is 256 g/mol. The first kappa shape index (κ1) is 14.5. The zero-order chi connectivity index (χ0) is 13.4. The minimum Gasteiger partial charge on any atom is -0.466 e. The van der Waals surface area contributed by atoms with Crippen molar-refractivity contribution >= 4 is 17.9 Å². The van der Waals surface area contributed by atoms with Crippen molar-refractivity contribution in [3.8, 4) is 0 Å². The largest absolute Gasteiger partial charge is 0.466 e. The Kier molecular flexibility index (Phi) is 6.18. The number of imide groups is 1. The molecule has 1 rings (SSSR count). The molecule has 1 aliphatic rings. The van der Waals surface area contributed by atoms with E-state index in [1.54, 1.807) is 6.92 Å². The van der Waals surface area contributed by atoms with Crippen LogP contribution in [0.25, 0.3) is 0 Å². The topological polar surface area (TPSA) is 84.5 Å². The molecule has 0 aromatic heterocycles. The first-order chi connectivity index (χ1) is 8.63.